The third-order valence-corrected chi connectivity index (χ3v) is 3.24. The number of nitrogens with zero attached hydrogens (tertiary/aromatic N) is 3. The largest absolute Gasteiger partial charge is 0.444 e. The van der Waals surface area contributed by atoms with Crippen molar-refractivity contribution in [2.45, 2.75) is 52.4 Å². The molecular formula is C14H24N4O2. The highest BCUT2D eigenvalue weighted by Crippen LogP contribution is 2.15. The van der Waals surface area contributed by atoms with E-state index in [0.29, 0.717) is 19.1 Å². The number of hydrogen-bond donors (Lipinski definition) is 1. The average molecular weight is 280 g/mol. The van der Waals surface area contributed by atoms with Crippen LogP contribution in [0.25, 0.3) is 0 Å². The molecule has 6 heteroatoms. The summed E-state index contributed by atoms with van der Waals surface area (Å²) >= 11 is 0. The molecular weight excluding hydrogens is 256 g/mol. The Morgan fingerprint density at radius 3 is 2.80 bits per heavy atom. The second-order valence-corrected chi connectivity index (χ2v) is 6.13. The lowest BCUT2D eigenvalue weighted by molar-refractivity contribution is 0.00513. The lowest BCUT2D eigenvalue weighted by atomic mass is 10.1. The molecule has 1 aromatic heterocycles. The number of carbonyl (C=O) groups is 1. The molecule has 1 fully saturated rings. The Hall–Kier alpha value is -1.56. The van der Waals surface area contributed by atoms with E-state index < -0.39 is 5.60 Å². The average Bonchev–Trinajstić information content (AvgIpc) is 2.71. The van der Waals surface area contributed by atoms with E-state index in [1.807, 2.05) is 33.3 Å². The van der Waals surface area contributed by atoms with E-state index in [0.717, 1.165) is 13.1 Å². The topological polar surface area (TPSA) is 59.4 Å². The minimum Gasteiger partial charge on any atom is -0.444 e. The van der Waals surface area contributed by atoms with Gasteiger partial charge in [-0.05, 0) is 27.7 Å². The fraction of sp³-hybridized carbons (Fsp3) is 0.714. The van der Waals surface area contributed by atoms with E-state index in [4.69, 9.17) is 4.74 Å². The van der Waals surface area contributed by atoms with Crippen LogP contribution < -0.4 is 5.32 Å². The summed E-state index contributed by atoms with van der Waals surface area (Å²) in [4.78, 5) is 17.6. The molecule has 0 unspecified atom stereocenters. The molecule has 0 saturated carbocycles. The van der Waals surface area contributed by atoms with Gasteiger partial charge < -0.3 is 19.5 Å². The molecule has 1 aromatic rings. The zero-order chi connectivity index (χ0) is 14.8. The SMILES string of the molecule is CCn1cncc1CNC1CN(C(=O)OC(C)(C)C)C1. The summed E-state index contributed by atoms with van der Waals surface area (Å²) in [5, 5.41) is 3.43. The van der Waals surface area contributed by atoms with Gasteiger partial charge in [0.15, 0.2) is 0 Å². The molecule has 112 valence electrons. The van der Waals surface area contributed by atoms with Crippen molar-refractivity contribution in [3.05, 3.63) is 18.2 Å². The number of aromatic nitrogens is 2. The third kappa shape index (κ3) is 3.72. The normalized spacial score (nSPS) is 16.1. The van der Waals surface area contributed by atoms with Gasteiger partial charge >= 0.3 is 6.09 Å². The van der Waals surface area contributed by atoms with Gasteiger partial charge in [0.1, 0.15) is 5.60 Å². The molecule has 1 amide bonds. The molecule has 6 nitrogen and oxygen atoms in total. The maximum Gasteiger partial charge on any atom is 0.410 e. The van der Waals surface area contributed by atoms with E-state index >= 15 is 0 Å². The van der Waals surface area contributed by atoms with Crippen LogP contribution in [0.15, 0.2) is 12.5 Å². The molecule has 1 N–H and O–H groups in total. The van der Waals surface area contributed by atoms with Gasteiger partial charge in [-0.15, -0.1) is 0 Å². The summed E-state index contributed by atoms with van der Waals surface area (Å²) in [6.07, 6.45) is 3.49. The highest BCUT2D eigenvalue weighted by molar-refractivity contribution is 5.69. The summed E-state index contributed by atoms with van der Waals surface area (Å²) < 4.78 is 7.43. The van der Waals surface area contributed by atoms with Crippen molar-refractivity contribution in [1.82, 2.24) is 19.8 Å². The van der Waals surface area contributed by atoms with Crippen molar-refractivity contribution in [2.75, 3.05) is 13.1 Å². The first kappa shape index (κ1) is 14.8. The fourth-order valence-electron chi connectivity index (χ4n) is 2.11. The molecule has 0 radical (unpaired) electrons. The van der Waals surface area contributed by atoms with Crippen molar-refractivity contribution >= 4 is 6.09 Å². The number of likely N-dealkylation sites (tertiary alicyclic amines) is 1. The van der Waals surface area contributed by atoms with Crippen LogP contribution in [0, 0.1) is 0 Å². The maximum atomic E-state index is 11.8. The van der Waals surface area contributed by atoms with Crippen LogP contribution in [0.3, 0.4) is 0 Å². The predicted octanol–water partition coefficient (Wildman–Crippen LogP) is 1.61. The first-order valence-electron chi connectivity index (χ1n) is 7.09. The van der Waals surface area contributed by atoms with E-state index in [1.165, 1.54) is 5.69 Å². The molecule has 0 bridgehead atoms. The van der Waals surface area contributed by atoms with E-state index in [1.54, 1.807) is 4.90 Å². The highest BCUT2D eigenvalue weighted by Gasteiger charge is 2.33. The Bertz CT molecular complexity index is 458. The lowest BCUT2D eigenvalue weighted by Gasteiger charge is -2.40. The number of ether oxygens (including phenoxy) is 1. The zero-order valence-electron chi connectivity index (χ0n) is 12.7. The van der Waals surface area contributed by atoms with Gasteiger partial charge in [-0.1, -0.05) is 0 Å². The van der Waals surface area contributed by atoms with Crippen LogP contribution in [0.1, 0.15) is 33.4 Å². The van der Waals surface area contributed by atoms with Crippen molar-refractivity contribution < 1.29 is 9.53 Å². The Morgan fingerprint density at radius 1 is 1.50 bits per heavy atom. The zero-order valence-corrected chi connectivity index (χ0v) is 12.7. The summed E-state index contributed by atoms with van der Waals surface area (Å²) in [6.45, 7) is 10.8. The van der Waals surface area contributed by atoms with Gasteiger partial charge in [0.25, 0.3) is 0 Å². The van der Waals surface area contributed by atoms with Gasteiger partial charge in [0.05, 0.1) is 12.0 Å². The van der Waals surface area contributed by atoms with Gasteiger partial charge in [-0.2, -0.15) is 0 Å². The van der Waals surface area contributed by atoms with Gasteiger partial charge in [0.2, 0.25) is 0 Å². The molecule has 0 aromatic carbocycles. The maximum absolute atomic E-state index is 11.8. The van der Waals surface area contributed by atoms with Crippen LogP contribution in [0.2, 0.25) is 0 Å². The summed E-state index contributed by atoms with van der Waals surface area (Å²) in [7, 11) is 0. The second-order valence-electron chi connectivity index (χ2n) is 6.13. The molecule has 20 heavy (non-hydrogen) atoms. The molecule has 0 spiro atoms. The number of carbonyl (C=O) groups excluding carboxylic acids is 1. The highest BCUT2D eigenvalue weighted by atomic mass is 16.6. The molecule has 0 atom stereocenters. The van der Waals surface area contributed by atoms with E-state index in [2.05, 4.69) is 21.8 Å². The van der Waals surface area contributed by atoms with Gasteiger partial charge in [-0.3, -0.25) is 0 Å². The van der Waals surface area contributed by atoms with Crippen molar-refractivity contribution in [3.8, 4) is 0 Å². The minimum atomic E-state index is -0.427. The number of rotatable bonds is 4. The summed E-state index contributed by atoms with van der Waals surface area (Å²) in [5.74, 6) is 0. The van der Waals surface area contributed by atoms with Gasteiger partial charge in [0, 0.05) is 38.4 Å². The van der Waals surface area contributed by atoms with Crippen LogP contribution in [0.4, 0.5) is 4.79 Å². The Kier molecular flexibility index (Phi) is 4.32. The lowest BCUT2D eigenvalue weighted by Crippen LogP contribution is -2.60. The number of nitrogens with one attached hydrogen (secondary N) is 1. The van der Waals surface area contributed by atoms with E-state index in [9.17, 15) is 4.79 Å². The van der Waals surface area contributed by atoms with Crippen molar-refractivity contribution in [2.24, 2.45) is 0 Å². The number of amides is 1. The van der Waals surface area contributed by atoms with Crippen LogP contribution in [0.5, 0.6) is 0 Å². The number of imidazole rings is 1. The van der Waals surface area contributed by atoms with Crippen LogP contribution >= 0.6 is 0 Å². The Labute approximate surface area is 120 Å². The predicted molar refractivity (Wildman–Crippen MR) is 76.3 cm³/mol. The molecule has 0 aliphatic carbocycles. The monoisotopic (exact) mass is 280 g/mol. The molecule has 2 heterocycles. The Morgan fingerprint density at radius 2 is 2.20 bits per heavy atom. The number of aryl methyl sites for hydroxylation is 1. The number of hydrogen-bond acceptors (Lipinski definition) is 4. The second kappa shape index (κ2) is 5.83. The summed E-state index contributed by atoms with van der Waals surface area (Å²) in [6, 6.07) is 0.336. The standard InChI is InChI=1S/C14H24N4O2/c1-5-17-10-15-6-12(17)7-16-11-8-18(9-11)13(19)20-14(2,3)4/h6,10-11,16H,5,7-9H2,1-4H3. The van der Waals surface area contributed by atoms with Crippen LogP contribution in [-0.4, -0.2) is 45.3 Å². The molecule has 1 aliphatic rings. The van der Waals surface area contributed by atoms with E-state index in [-0.39, 0.29) is 6.09 Å². The van der Waals surface area contributed by atoms with Gasteiger partial charge in [-0.25, -0.2) is 9.78 Å². The Balaban J connectivity index is 1.71. The fourth-order valence-corrected chi connectivity index (χ4v) is 2.11. The summed E-state index contributed by atoms with van der Waals surface area (Å²) in [5.41, 5.74) is 0.742. The van der Waals surface area contributed by atoms with Crippen molar-refractivity contribution in [3.63, 3.8) is 0 Å². The minimum absolute atomic E-state index is 0.228. The first-order chi connectivity index (χ1) is 9.39. The van der Waals surface area contributed by atoms with Crippen molar-refractivity contribution in [1.29, 1.82) is 0 Å². The quantitative estimate of drug-likeness (QED) is 0.910. The third-order valence-electron chi connectivity index (χ3n) is 3.24. The smallest absolute Gasteiger partial charge is 0.410 e. The molecule has 1 saturated heterocycles. The molecule has 1 aliphatic heterocycles. The first-order valence-corrected chi connectivity index (χ1v) is 7.09. The molecule has 2 rings (SSSR count). The van der Waals surface area contributed by atoms with Crippen LogP contribution in [-0.2, 0) is 17.8 Å².